The molecule has 0 saturated carbocycles. The summed E-state index contributed by atoms with van der Waals surface area (Å²) in [5, 5.41) is 8.65. The lowest BCUT2D eigenvalue weighted by Crippen LogP contribution is -2.39. The zero-order chi connectivity index (χ0) is 12.0. The summed E-state index contributed by atoms with van der Waals surface area (Å²) in [7, 11) is -3.01. The molecule has 0 spiro atoms. The van der Waals surface area contributed by atoms with E-state index >= 15 is 0 Å². The number of aliphatic hydroxyl groups is 1. The Morgan fingerprint density at radius 2 is 2.25 bits per heavy atom. The van der Waals surface area contributed by atoms with Crippen LogP contribution in [0.2, 0.25) is 0 Å². The molecular weight excluding hydrogens is 246 g/mol. The monoisotopic (exact) mass is 267 g/mol. The van der Waals surface area contributed by atoms with Gasteiger partial charge in [0.15, 0.2) is 0 Å². The molecule has 1 heterocycles. The van der Waals surface area contributed by atoms with E-state index in [0.29, 0.717) is 19.0 Å². The second-order valence-corrected chi connectivity index (χ2v) is 7.41. The molecule has 6 heteroatoms. The number of aliphatic hydroxyl groups excluding tert-OH is 1. The van der Waals surface area contributed by atoms with E-state index in [4.69, 9.17) is 5.11 Å². The van der Waals surface area contributed by atoms with Crippen molar-refractivity contribution in [2.45, 2.75) is 19.3 Å². The van der Waals surface area contributed by atoms with Crippen LogP contribution < -0.4 is 0 Å². The van der Waals surface area contributed by atoms with Crippen LogP contribution in [-0.4, -0.2) is 55.3 Å². The van der Waals surface area contributed by atoms with E-state index in [2.05, 4.69) is 0 Å². The quantitative estimate of drug-likeness (QED) is 0.722. The van der Waals surface area contributed by atoms with Gasteiger partial charge in [0.2, 0.25) is 10.0 Å². The van der Waals surface area contributed by atoms with Crippen LogP contribution in [-0.2, 0) is 10.0 Å². The Bertz CT molecular complexity index is 292. The zero-order valence-corrected chi connectivity index (χ0v) is 11.4. The van der Waals surface area contributed by atoms with Crippen LogP contribution in [0.5, 0.6) is 0 Å². The van der Waals surface area contributed by atoms with Crippen molar-refractivity contribution in [1.29, 1.82) is 0 Å². The SMILES string of the molecule is CS(=O)(=O)N1CCCC(CSCCCO)C1. The Morgan fingerprint density at radius 1 is 1.50 bits per heavy atom. The van der Waals surface area contributed by atoms with Gasteiger partial charge in [-0.2, -0.15) is 11.8 Å². The molecule has 4 nitrogen and oxygen atoms in total. The van der Waals surface area contributed by atoms with E-state index < -0.39 is 10.0 Å². The molecule has 96 valence electrons. The molecule has 0 aliphatic carbocycles. The molecule has 1 aliphatic rings. The first kappa shape index (κ1) is 14.3. The Balaban J connectivity index is 2.28. The van der Waals surface area contributed by atoms with Crippen molar-refractivity contribution in [2.24, 2.45) is 5.92 Å². The molecule has 1 N–H and O–H groups in total. The highest BCUT2D eigenvalue weighted by molar-refractivity contribution is 7.99. The van der Waals surface area contributed by atoms with Gasteiger partial charge < -0.3 is 5.11 Å². The lowest BCUT2D eigenvalue weighted by atomic mass is 10.0. The predicted octanol–water partition coefficient (Wildman–Crippen LogP) is 0.774. The average molecular weight is 267 g/mol. The maximum Gasteiger partial charge on any atom is 0.211 e. The number of hydrogen-bond donors (Lipinski definition) is 1. The highest BCUT2D eigenvalue weighted by Gasteiger charge is 2.25. The fourth-order valence-corrected chi connectivity index (χ4v) is 3.93. The minimum Gasteiger partial charge on any atom is -0.396 e. The molecule has 16 heavy (non-hydrogen) atoms. The number of hydrogen-bond acceptors (Lipinski definition) is 4. The number of thioether (sulfide) groups is 1. The van der Waals surface area contributed by atoms with E-state index in [0.717, 1.165) is 30.8 Å². The van der Waals surface area contributed by atoms with E-state index in [1.807, 2.05) is 11.8 Å². The standard InChI is InChI=1S/C10H21NO3S2/c1-16(13,14)11-5-2-4-10(8-11)9-15-7-3-6-12/h10,12H,2-9H2,1H3. The van der Waals surface area contributed by atoms with Crippen LogP contribution in [0.1, 0.15) is 19.3 Å². The van der Waals surface area contributed by atoms with Gasteiger partial charge in [-0.1, -0.05) is 0 Å². The molecule has 1 aliphatic heterocycles. The third kappa shape index (κ3) is 5.03. The van der Waals surface area contributed by atoms with Gasteiger partial charge in [0.25, 0.3) is 0 Å². The Kier molecular flexibility index (Phi) is 6.10. The normalized spacial score (nSPS) is 23.5. The van der Waals surface area contributed by atoms with E-state index in [1.165, 1.54) is 6.26 Å². The number of nitrogens with zero attached hydrogens (tertiary/aromatic N) is 1. The van der Waals surface area contributed by atoms with E-state index in [9.17, 15) is 8.42 Å². The first-order valence-corrected chi connectivity index (χ1v) is 8.68. The number of rotatable bonds is 6. The summed E-state index contributed by atoms with van der Waals surface area (Å²) in [5.74, 6) is 2.45. The van der Waals surface area contributed by atoms with Gasteiger partial charge in [-0.05, 0) is 36.7 Å². The molecule has 0 bridgehead atoms. The van der Waals surface area contributed by atoms with Crippen LogP contribution in [0.15, 0.2) is 0 Å². The van der Waals surface area contributed by atoms with Gasteiger partial charge in [-0.3, -0.25) is 0 Å². The molecule has 0 aromatic rings. The van der Waals surface area contributed by atoms with Crippen molar-refractivity contribution in [3.05, 3.63) is 0 Å². The highest BCUT2D eigenvalue weighted by Crippen LogP contribution is 2.22. The molecule has 1 unspecified atom stereocenters. The van der Waals surface area contributed by atoms with Crippen LogP contribution in [0.4, 0.5) is 0 Å². The van der Waals surface area contributed by atoms with Crippen molar-refractivity contribution >= 4 is 21.8 Å². The summed E-state index contributed by atoms with van der Waals surface area (Å²) in [4.78, 5) is 0. The van der Waals surface area contributed by atoms with E-state index in [-0.39, 0.29) is 6.61 Å². The number of sulfonamides is 1. The van der Waals surface area contributed by atoms with Crippen molar-refractivity contribution in [2.75, 3.05) is 37.5 Å². The highest BCUT2D eigenvalue weighted by atomic mass is 32.2. The van der Waals surface area contributed by atoms with Gasteiger partial charge in [-0.15, -0.1) is 0 Å². The smallest absolute Gasteiger partial charge is 0.211 e. The van der Waals surface area contributed by atoms with Crippen LogP contribution in [0.25, 0.3) is 0 Å². The van der Waals surface area contributed by atoms with Crippen LogP contribution >= 0.6 is 11.8 Å². The minimum atomic E-state index is -3.01. The zero-order valence-electron chi connectivity index (χ0n) is 9.76. The maximum atomic E-state index is 11.4. The summed E-state index contributed by atoms with van der Waals surface area (Å²) in [6.45, 7) is 1.59. The van der Waals surface area contributed by atoms with Crippen LogP contribution in [0, 0.1) is 5.92 Å². The summed E-state index contributed by atoms with van der Waals surface area (Å²) in [6, 6.07) is 0. The molecule has 1 atom stereocenters. The third-order valence-corrected chi connectivity index (χ3v) is 5.31. The first-order chi connectivity index (χ1) is 7.54. The maximum absolute atomic E-state index is 11.4. The second-order valence-electron chi connectivity index (χ2n) is 4.28. The Labute approximate surface area is 102 Å². The fourth-order valence-electron chi connectivity index (χ4n) is 1.88. The van der Waals surface area contributed by atoms with Gasteiger partial charge in [0, 0.05) is 19.7 Å². The molecule has 0 aromatic heterocycles. The van der Waals surface area contributed by atoms with Crippen molar-refractivity contribution in [3.8, 4) is 0 Å². The summed E-state index contributed by atoms with van der Waals surface area (Å²) in [5.41, 5.74) is 0. The fraction of sp³-hybridized carbons (Fsp3) is 1.00. The van der Waals surface area contributed by atoms with Crippen molar-refractivity contribution in [1.82, 2.24) is 4.31 Å². The Morgan fingerprint density at radius 3 is 2.88 bits per heavy atom. The summed E-state index contributed by atoms with van der Waals surface area (Å²) < 4.78 is 24.4. The molecule has 0 amide bonds. The Hall–Kier alpha value is 0.220. The second kappa shape index (κ2) is 6.83. The first-order valence-electron chi connectivity index (χ1n) is 5.67. The topological polar surface area (TPSA) is 57.6 Å². The molecule has 1 fully saturated rings. The predicted molar refractivity (Wildman–Crippen MR) is 68.2 cm³/mol. The van der Waals surface area contributed by atoms with Gasteiger partial charge in [0.1, 0.15) is 0 Å². The molecule has 0 aromatic carbocycles. The van der Waals surface area contributed by atoms with Gasteiger partial charge in [-0.25, -0.2) is 12.7 Å². The summed E-state index contributed by atoms with van der Waals surface area (Å²) in [6.07, 6.45) is 4.21. The molecular formula is C10H21NO3S2. The van der Waals surface area contributed by atoms with E-state index in [1.54, 1.807) is 4.31 Å². The number of piperidine rings is 1. The molecule has 1 rings (SSSR count). The lowest BCUT2D eigenvalue weighted by Gasteiger charge is -2.30. The third-order valence-electron chi connectivity index (χ3n) is 2.75. The molecule has 0 radical (unpaired) electrons. The van der Waals surface area contributed by atoms with Crippen LogP contribution in [0.3, 0.4) is 0 Å². The summed E-state index contributed by atoms with van der Waals surface area (Å²) >= 11 is 1.82. The van der Waals surface area contributed by atoms with Crippen molar-refractivity contribution < 1.29 is 13.5 Å². The largest absolute Gasteiger partial charge is 0.396 e. The average Bonchev–Trinajstić information content (AvgIpc) is 2.24. The van der Waals surface area contributed by atoms with Gasteiger partial charge in [0.05, 0.1) is 6.26 Å². The minimum absolute atomic E-state index is 0.243. The van der Waals surface area contributed by atoms with Gasteiger partial charge >= 0.3 is 0 Å². The van der Waals surface area contributed by atoms with Crippen molar-refractivity contribution in [3.63, 3.8) is 0 Å². The lowest BCUT2D eigenvalue weighted by molar-refractivity contribution is 0.285. The molecule has 1 saturated heterocycles.